The standard InChI is InChI=1S/C25H27ClN2O3/c1-18-3-10-22(11-4-18)28-25(29)17-31-23-12-7-20(15-24(23)30-2)16-27-14-13-19-5-8-21(26)9-6-19/h3-12,15,27H,13-14,16-17H2,1-2H3,(H,28,29). The van der Waals surface area contributed by atoms with Gasteiger partial charge in [-0.2, -0.15) is 0 Å². The highest BCUT2D eigenvalue weighted by Crippen LogP contribution is 2.28. The normalized spacial score (nSPS) is 10.5. The molecule has 6 heteroatoms. The molecule has 2 N–H and O–H groups in total. The number of nitrogens with one attached hydrogen (secondary N) is 2. The Morgan fingerprint density at radius 3 is 2.35 bits per heavy atom. The second-order valence-corrected chi connectivity index (χ2v) is 7.68. The molecular formula is C25H27ClN2O3. The van der Waals surface area contributed by atoms with Gasteiger partial charge in [-0.15, -0.1) is 0 Å². The van der Waals surface area contributed by atoms with Crippen LogP contribution in [0.2, 0.25) is 5.02 Å². The summed E-state index contributed by atoms with van der Waals surface area (Å²) in [6.45, 7) is 3.46. The molecule has 0 spiro atoms. The average molecular weight is 439 g/mol. The Bertz CT molecular complexity index is 989. The molecule has 0 aliphatic carbocycles. The second-order valence-electron chi connectivity index (χ2n) is 7.24. The van der Waals surface area contributed by atoms with E-state index in [1.165, 1.54) is 5.56 Å². The van der Waals surface area contributed by atoms with Crippen molar-refractivity contribution >= 4 is 23.2 Å². The maximum absolute atomic E-state index is 12.2. The minimum atomic E-state index is -0.223. The summed E-state index contributed by atoms with van der Waals surface area (Å²) in [7, 11) is 1.59. The average Bonchev–Trinajstić information content (AvgIpc) is 2.78. The fraction of sp³-hybridized carbons (Fsp3) is 0.240. The second kappa shape index (κ2) is 11.4. The molecule has 3 aromatic rings. The highest BCUT2D eigenvalue weighted by molar-refractivity contribution is 6.30. The lowest BCUT2D eigenvalue weighted by Gasteiger charge is -2.13. The molecule has 0 aliphatic heterocycles. The van der Waals surface area contributed by atoms with E-state index in [1.54, 1.807) is 7.11 Å². The Labute approximate surface area is 188 Å². The number of anilines is 1. The number of hydrogen-bond donors (Lipinski definition) is 2. The monoisotopic (exact) mass is 438 g/mol. The molecule has 0 saturated carbocycles. The van der Waals surface area contributed by atoms with E-state index in [4.69, 9.17) is 21.1 Å². The first-order valence-corrected chi connectivity index (χ1v) is 10.5. The van der Waals surface area contributed by atoms with Gasteiger partial charge in [0.25, 0.3) is 5.91 Å². The maximum atomic E-state index is 12.2. The fourth-order valence-corrected chi connectivity index (χ4v) is 3.16. The number of benzene rings is 3. The van der Waals surface area contributed by atoms with Gasteiger partial charge in [0.15, 0.2) is 18.1 Å². The third-order valence-electron chi connectivity index (χ3n) is 4.75. The lowest BCUT2D eigenvalue weighted by Crippen LogP contribution is -2.20. The largest absolute Gasteiger partial charge is 0.493 e. The molecule has 5 nitrogen and oxygen atoms in total. The summed E-state index contributed by atoms with van der Waals surface area (Å²) in [5.74, 6) is 0.908. The van der Waals surface area contributed by atoms with Crippen LogP contribution in [0.3, 0.4) is 0 Å². The van der Waals surface area contributed by atoms with Crippen molar-refractivity contribution in [3.63, 3.8) is 0 Å². The lowest BCUT2D eigenvalue weighted by atomic mass is 10.1. The van der Waals surface area contributed by atoms with Crippen LogP contribution in [-0.2, 0) is 17.8 Å². The SMILES string of the molecule is COc1cc(CNCCc2ccc(Cl)cc2)ccc1OCC(=O)Nc1ccc(C)cc1. The van der Waals surface area contributed by atoms with E-state index >= 15 is 0 Å². The summed E-state index contributed by atoms with van der Waals surface area (Å²) in [5, 5.41) is 6.99. The summed E-state index contributed by atoms with van der Waals surface area (Å²) in [6.07, 6.45) is 0.922. The van der Waals surface area contributed by atoms with Gasteiger partial charge in [0, 0.05) is 17.3 Å². The van der Waals surface area contributed by atoms with Crippen molar-refractivity contribution < 1.29 is 14.3 Å². The zero-order chi connectivity index (χ0) is 22.1. The first-order chi connectivity index (χ1) is 15.0. The van der Waals surface area contributed by atoms with Crippen LogP contribution in [0.25, 0.3) is 0 Å². The van der Waals surface area contributed by atoms with Crippen LogP contribution in [0, 0.1) is 6.92 Å². The van der Waals surface area contributed by atoms with Gasteiger partial charge in [-0.1, -0.05) is 47.5 Å². The van der Waals surface area contributed by atoms with Gasteiger partial charge in [0.05, 0.1) is 7.11 Å². The maximum Gasteiger partial charge on any atom is 0.262 e. The molecule has 0 fully saturated rings. The van der Waals surface area contributed by atoms with E-state index in [9.17, 15) is 4.79 Å². The number of aryl methyl sites for hydroxylation is 1. The minimum absolute atomic E-state index is 0.0943. The van der Waals surface area contributed by atoms with Crippen LogP contribution in [-0.4, -0.2) is 26.2 Å². The zero-order valence-electron chi connectivity index (χ0n) is 17.8. The lowest BCUT2D eigenvalue weighted by molar-refractivity contribution is -0.118. The smallest absolute Gasteiger partial charge is 0.262 e. The van der Waals surface area contributed by atoms with E-state index in [0.29, 0.717) is 18.0 Å². The van der Waals surface area contributed by atoms with Crippen molar-refractivity contribution in [1.29, 1.82) is 0 Å². The topological polar surface area (TPSA) is 59.6 Å². The number of rotatable bonds is 10. The molecule has 162 valence electrons. The van der Waals surface area contributed by atoms with Crippen molar-refractivity contribution in [3.05, 3.63) is 88.4 Å². The zero-order valence-corrected chi connectivity index (χ0v) is 18.5. The molecular weight excluding hydrogens is 412 g/mol. The predicted molar refractivity (Wildman–Crippen MR) is 125 cm³/mol. The molecule has 3 aromatic carbocycles. The first-order valence-electron chi connectivity index (χ1n) is 10.1. The summed E-state index contributed by atoms with van der Waals surface area (Å²) in [5.41, 5.74) is 4.19. The molecule has 0 aromatic heterocycles. The number of halogens is 1. The third-order valence-corrected chi connectivity index (χ3v) is 5.01. The van der Waals surface area contributed by atoms with Crippen molar-refractivity contribution in [2.24, 2.45) is 0 Å². The summed E-state index contributed by atoms with van der Waals surface area (Å²) in [6, 6.07) is 21.2. The summed E-state index contributed by atoms with van der Waals surface area (Å²) >= 11 is 5.92. The van der Waals surface area contributed by atoms with Gasteiger partial charge >= 0.3 is 0 Å². The molecule has 0 radical (unpaired) electrons. The van der Waals surface area contributed by atoms with E-state index in [2.05, 4.69) is 10.6 Å². The molecule has 0 atom stereocenters. The van der Waals surface area contributed by atoms with Gasteiger partial charge in [0.1, 0.15) is 0 Å². The van der Waals surface area contributed by atoms with E-state index in [-0.39, 0.29) is 12.5 Å². The Morgan fingerprint density at radius 2 is 1.65 bits per heavy atom. The Morgan fingerprint density at radius 1 is 0.935 bits per heavy atom. The van der Waals surface area contributed by atoms with E-state index < -0.39 is 0 Å². The summed E-state index contributed by atoms with van der Waals surface area (Å²) in [4.78, 5) is 12.2. The predicted octanol–water partition coefficient (Wildman–Crippen LogP) is 5.01. The first kappa shape index (κ1) is 22.7. The fourth-order valence-electron chi connectivity index (χ4n) is 3.03. The van der Waals surface area contributed by atoms with Gasteiger partial charge in [-0.05, 0) is 67.4 Å². The molecule has 0 aliphatic rings. The quantitative estimate of drug-likeness (QED) is 0.437. The van der Waals surface area contributed by atoms with Crippen LogP contribution in [0.1, 0.15) is 16.7 Å². The van der Waals surface area contributed by atoms with Crippen LogP contribution >= 0.6 is 11.6 Å². The molecule has 0 unspecified atom stereocenters. The van der Waals surface area contributed by atoms with Crippen molar-refractivity contribution in [1.82, 2.24) is 5.32 Å². The van der Waals surface area contributed by atoms with Gasteiger partial charge in [-0.25, -0.2) is 0 Å². The van der Waals surface area contributed by atoms with Crippen molar-refractivity contribution in [2.75, 3.05) is 25.6 Å². The Kier molecular flexibility index (Phi) is 8.33. The Balaban J connectivity index is 1.46. The van der Waals surface area contributed by atoms with Gasteiger partial charge in [-0.3, -0.25) is 4.79 Å². The molecule has 0 heterocycles. The molecule has 0 saturated heterocycles. The summed E-state index contributed by atoms with van der Waals surface area (Å²) < 4.78 is 11.1. The third kappa shape index (κ3) is 7.31. The number of methoxy groups -OCH3 is 1. The highest BCUT2D eigenvalue weighted by atomic mass is 35.5. The molecule has 31 heavy (non-hydrogen) atoms. The molecule has 0 bridgehead atoms. The van der Waals surface area contributed by atoms with E-state index in [1.807, 2.05) is 73.7 Å². The minimum Gasteiger partial charge on any atom is -0.493 e. The van der Waals surface area contributed by atoms with Crippen LogP contribution in [0.4, 0.5) is 5.69 Å². The number of amides is 1. The van der Waals surface area contributed by atoms with Gasteiger partial charge in [0.2, 0.25) is 0 Å². The number of carbonyl (C=O) groups excluding carboxylic acids is 1. The van der Waals surface area contributed by atoms with Crippen molar-refractivity contribution in [2.45, 2.75) is 19.9 Å². The molecule has 1 amide bonds. The highest BCUT2D eigenvalue weighted by Gasteiger charge is 2.09. The number of ether oxygens (including phenoxy) is 2. The van der Waals surface area contributed by atoms with Crippen molar-refractivity contribution in [3.8, 4) is 11.5 Å². The number of hydrogen-bond acceptors (Lipinski definition) is 4. The van der Waals surface area contributed by atoms with Gasteiger partial charge < -0.3 is 20.1 Å². The number of carbonyl (C=O) groups is 1. The van der Waals surface area contributed by atoms with Crippen LogP contribution in [0.5, 0.6) is 11.5 Å². The Hall–Kier alpha value is -3.02. The van der Waals surface area contributed by atoms with Crippen LogP contribution in [0.15, 0.2) is 66.7 Å². The van der Waals surface area contributed by atoms with E-state index in [0.717, 1.165) is 34.8 Å². The van der Waals surface area contributed by atoms with Crippen LogP contribution < -0.4 is 20.1 Å². The molecule has 3 rings (SSSR count).